The van der Waals surface area contributed by atoms with Crippen LogP contribution in [0, 0.1) is 11.8 Å². The fourth-order valence-corrected chi connectivity index (χ4v) is 1.48. The minimum atomic E-state index is 0.235. The predicted molar refractivity (Wildman–Crippen MR) is 71.4 cm³/mol. The van der Waals surface area contributed by atoms with Gasteiger partial charge in [0, 0.05) is 25.2 Å². The van der Waals surface area contributed by atoms with Gasteiger partial charge in [0.25, 0.3) is 0 Å². The second-order valence-electron chi connectivity index (χ2n) is 5.23. The molecule has 4 unspecified atom stereocenters. The van der Waals surface area contributed by atoms with Gasteiger partial charge in [-0.3, -0.25) is 0 Å². The molecule has 4 nitrogen and oxygen atoms in total. The highest BCUT2D eigenvalue weighted by Gasteiger charge is 2.11. The van der Waals surface area contributed by atoms with E-state index < -0.39 is 0 Å². The van der Waals surface area contributed by atoms with Gasteiger partial charge in [-0.1, -0.05) is 13.8 Å². The SMILES string of the molecule is CC(N)CNCC(C)C(C)CNCC(C)N. The number of nitrogens with one attached hydrogen (secondary N) is 2. The largest absolute Gasteiger partial charge is 0.327 e. The second-order valence-corrected chi connectivity index (χ2v) is 5.23. The maximum Gasteiger partial charge on any atom is 0.0136 e. The topological polar surface area (TPSA) is 76.1 Å². The van der Waals surface area contributed by atoms with E-state index in [9.17, 15) is 0 Å². The highest BCUT2D eigenvalue weighted by molar-refractivity contribution is 4.69. The molecule has 0 fully saturated rings. The van der Waals surface area contributed by atoms with Gasteiger partial charge in [0.15, 0.2) is 0 Å². The van der Waals surface area contributed by atoms with Crippen LogP contribution in [0.25, 0.3) is 0 Å². The van der Waals surface area contributed by atoms with Crippen LogP contribution in [0.2, 0.25) is 0 Å². The number of hydrogen-bond acceptors (Lipinski definition) is 4. The van der Waals surface area contributed by atoms with Gasteiger partial charge in [-0.2, -0.15) is 0 Å². The molecular weight excluding hydrogens is 200 g/mol. The van der Waals surface area contributed by atoms with Crippen molar-refractivity contribution in [1.82, 2.24) is 10.6 Å². The summed E-state index contributed by atoms with van der Waals surface area (Å²) in [4.78, 5) is 0. The average molecular weight is 230 g/mol. The van der Waals surface area contributed by atoms with Gasteiger partial charge < -0.3 is 22.1 Å². The van der Waals surface area contributed by atoms with Crippen molar-refractivity contribution in [2.75, 3.05) is 26.2 Å². The zero-order chi connectivity index (χ0) is 12.6. The van der Waals surface area contributed by atoms with E-state index in [2.05, 4.69) is 24.5 Å². The molecule has 16 heavy (non-hydrogen) atoms. The van der Waals surface area contributed by atoms with Crippen molar-refractivity contribution in [3.05, 3.63) is 0 Å². The third kappa shape index (κ3) is 9.09. The molecule has 0 radical (unpaired) electrons. The lowest BCUT2D eigenvalue weighted by atomic mass is 9.96. The average Bonchev–Trinajstić information content (AvgIpc) is 2.16. The third-order valence-electron chi connectivity index (χ3n) is 2.84. The molecule has 0 aliphatic rings. The predicted octanol–water partition coefficient (Wildman–Crippen LogP) is 0.132. The van der Waals surface area contributed by atoms with Gasteiger partial charge >= 0.3 is 0 Å². The zero-order valence-electron chi connectivity index (χ0n) is 11.3. The molecule has 4 heteroatoms. The van der Waals surface area contributed by atoms with Gasteiger partial charge in [-0.15, -0.1) is 0 Å². The minimum Gasteiger partial charge on any atom is -0.327 e. The molecule has 0 aromatic heterocycles. The molecule has 98 valence electrons. The van der Waals surface area contributed by atoms with Crippen molar-refractivity contribution in [1.29, 1.82) is 0 Å². The first kappa shape index (κ1) is 15.8. The normalized spacial score (nSPS) is 19.1. The molecule has 0 saturated heterocycles. The van der Waals surface area contributed by atoms with Crippen molar-refractivity contribution < 1.29 is 0 Å². The van der Waals surface area contributed by atoms with Crippen LogP contribution in [0.1, 0.15) is 27.7 Å². The molecule has 0 amide bonds. The quantitative estimate of drug-likeness (QED) is 0.454. The fraction of sp³-hybridized carbons (Fsp3) is 1.00. The lowest BCUT2D eigenvalue weighted by molar-refractivity contribution is 0.346. The molecule has 0 saturated carbocycles. The van der Waals surface area contributed by atoms with E-state index in [1.54, 1.807) is 0 Å². The van der Waals surface area contributed by atoms with Gasteiger partial charge in [-0.25, -0.2) is 0 Å². The Balaban J connectivity index is 3.52. The van der Waals surface area contributed by atoms with Crippen molar-refractivity contribution >= 4 is 0 Å². The van der Waals surface area contributed by atoms with E-state index in [1.807, 2.05) is 13.8 Å². The lowest BCUT2D eigenvalue weighted by Crippen LogP contribution is -2.38. The Labute approximate surface area is 101 Å². The van der Waals surface area contributed by atoms with E-state index in [-0.39, 0.29) is 12.1 Å². The van der Waals surface area contributed by atoms with E-state index >= 15 is 0 Å². The Kier molecular flexibility index (Phi) is 8.84. The minimum absolute atomic E-state index is 0.235. The molecular formula is C12H30N4. The summed E-state index contributed by atoms with van der Waals surface area (Å²) < 4.78 is 0. The van der Waals surface area contributed by atoms with Crippen molar-refractivity contribution in [2.24, 2.45) is 23.3 Å². The Morgan fingerprint density at radius 1 is 0.688 bits per heavy atom. The van der Waals surface area contributed by atoms with Gasteiger partial charge in [-0.05, 0) is 38.8 Å². The molecule has 0 aliphatic heterocycles. The van der Waals surface area contributed by atoms with Crippen LogP contribution in [0.4, 0.5) is 0 Å². The number of rotatable bonds is 9. The highest BCUT2D eigenvalue weighted by atomic mass is 14.9. The summed E-state index contributed by atoms with van der Waals surface area (Å²) >= 11 is 0. The van der Waals surface area contributed by atoms with Crippen molar-refractivity contribution in [2.45, 2.75) is 39.8 Å². The Bertz CT molecular complexity index is 141. The van der Waals surface area contributed by atoms with E-state index in [0.29, 0.717) is 11.8 Å². The van der Waals surface area contributed by atoms with Gasteiger partial charge in [0.05, 0.1) is 0 Å². The first-order valence-corrected chi connectivity index (χ1v) is 6.36. The molecule has 6 N–H and O–H groups in total. The van der Waals surface area contributed by atoms with Gasteiger partial charge in [0.2, 0.25) is 0 Å². The molecule has 0 aromatic rings. The number of nitrogens with two attached hydrogens (primary N) is 2. The standard InChI is InChI=1S/C12H30N4/c1-9(5-15-7-11(3)13)10(2)6-16-8-12(4)14/h9-12,15-16H,5-8,13-14H2,1-4H3. The fourth-order valence-electron chi connectivity index (χ4n) is 1.48. The maximum absolute atomic E-state index is 5.68. The summed E-state index contributed by atoms with van der Waals surface area (Å²) in [6.45, 7) is 12.4. The van der Waals surface area contributed by atoms with Crippen molar-refractivity contribution in [3.8, 4) is 0 Å². The Morgan fingerprint density at radius 2 is 1.00 bits per heavy atom. The first-order chi connectivity index (χ1) is 7.43. The molecule has 0 aromatic carbocycles. The zero-order valence-corrected chi connectivity index (χ0v) is 11.3. The summed E-state index contributed by atoms with van der Waals surface area (Å²) in [6.07, 6.45) is 0. The van der Waals surface area contributed by atoms with Crippen LogP contribution in [-0.2, 0) is 0 Å². The van der Waals surface area contributed by atoms with Crippen LogP contribution >= 0.6 is 0 Å². The van der Waals surface area contributed by atoms with Crippen LogP contribution in [0.3, 0.4) is 0 Å². The molecule has 0 aliphatic carbocycles. The van der Waals surface area contributed by atoms with E-state index in [0.717, 1.165) is 26.2 Å². The molecule has 4 atom stereocenters. The summed E-state index contributed by atoms with van der Waals surface area (Å²) in [6, 6.07) is 0.470. The Morgan fingerprint density at radius 3 is 1.25 bits per heavy atom. The van der Waals surface area contributed by atoms with Crippen molar-refractivity contribution in [3.63, 3.8) is 0 Å². The molecule has 0 heterocycles. The van der Waals surface area contributed by atoms with Crippen LogP contribution in [-0.4, -0.2) is 38.3 Å². The van der Waals surface area contributed by atoms with E-state index in [4.69, 9.17) is 11.5 Å². The first-order valence-electron chi connectivity index (χ1n) is 6.36. The summed E-state index contributed by atoms with van der Waals surface area (Å²) in [5.74, 6) is 1.30. The monoisotopic (exact) mass is 230 g/mol. The smallest absolute Gasteiger partial charge is 0.0136 e. The highest BCUT2D eigenvalue weighted by Crippen LogP contribution is 2.08. The second kappa shape index (κ2) is 8.93. The Hall–Kier alpha value is -0.160. The third-order valence-corrected chi connectivity index (χ3v) is 2.84. The molecule has 0 rings (SSSR count). The van der Waals surface area contributed by atoms with E-state index in [1.165, 1.54) is 0 Å². The van der Waals surface area contributed by atoms with Crippen LogP contribution in [0.15, 0.2) is 0 Å². The van der Waals surface area contributed by atoms with Crippen LogP contribution in [0.5, 0.6) is 0 Å². The lowest BCUT2D eigenvalue weighted by Gasteiger charge is -2.22. The summed E-state index contributed by atoms with van der Waals surface area (Å²) in [5, 5.41) is 6.77. The summed E-state index contributed by atoms with van der Waals surface area (Å²) in [7, 11) is 0. The summed E-state index contributed by atoms with van der Waals surface area (Å²) in [5.41, 5.74) is 11.4. The molecule has 0 spiro atoms. The molecule has 0 bridgehead atoms. The van der Waals surface area contributed by atoms with Gasteiger partial charge in [0.1, 0.15) is 0 Å². The number of hydrogen-bond donors (Lipinski definition) is 4. The maximum atomic E-state index is 5.68. The van der Waals surface area contributed by atoms with Crippen LogP contribution < -0.4 is 22.1 Å².